The zero-order valence-electron chi connectivity index (χ0n) is 10.7. The summed E-state index contributed by atoms with van der Waals surface area (Å²) < 4.78 is 0. The third-order valence-electron chi connectivity index (χ3n) is 3.68. The minimum absolute atomic E-state index is 0.545. The molecule has 0 radical (unpaired) electrons. The lowest BCUT2D eigenvalue weighted by molar-refractivity contribution is 0.478. The zero-order chi connectivity index (χ0) is 12.4. The van der Waals surface area contributed by atoms with E-state index in [4.69, 9.17) is 0 Å². The van der Waals surface area contributed by atoms with E-state index in [2.05, 4.69) is 46.8 Å². The summed E-state index contributed by atoms with van der Waals surface area (Å²) in [4.78, 5) is 4.53. The first kappa shape index (κ1) is 11.5. The third kappa shape index (κ3) is 2.18. The molecular weight excluding hydrogens is 222 g/mol. The molecule has 0 aliphatic carbocycles. The Morgan fingerprint density at radius 3 is 2.89 bits per heavy atom. The summed E-state index contributed by atoms with van der Waals surface area (Å²) in [5.41, 5.74) is 1.29. The maximum atomic E-state index is 4.53. The summed E-state index contributed by atoms with van der Waals surface area (Å²) in [6.07, 6.45) is 4.24. The first-order chi connectivity index (χ1) is 8.84. The van der Waals surface area contributed by atoms with E-state index in [1.807, 2.05) is 6.20 Å². The van der Waals surface area contributed by atoms with Gasteiger partial charge in [0.2, 0.25) is 0 Å². The standard InChI is InChI=1S/C15H19N3/c1-11-3-2-4-12-5-10-17-15(14(11)12)18-13-6-8-16-9-7-13/h2-5,10,13,16H,6-9H2,1H3,(H,17,18). The summed E-state index contributed by atoms with van der Waals surface area (Å²) in [7, 11) is 0. The van der Waals surface area contributed by atoms with E-state index in [1.165, 1.54) is 29.2 Å². The lowest BCUT2D eigenvalue weighted by atomic mass is 10.0. The first-order valence-electron chi connectivity index (χ1n) is 6.66. The van der Waals surface area contributed by atoms with Crippen molar-refractivity contribution in [2.45, 2.75) is 25.8 Å². The molecule has 0 atom stereocenters. The predicted octanol–water partition coefficient (Wildman–Crippen LogP) is 2.71. The fourth-order valence-corrected chi connectivity index (χ4v) is 2.68. The van der Waals surface area contributed by atoms with Crippen LogP contribution in [0.5, 0.6) is 0 Å². The molecule has 2 N–H and O–H groups in total. The van der Waals surface area contributed by atoms with Crippen LogP contribution in [-0.2, 0) is 0 Å². The fourth-order valence-electron chi connectivity index (χ4n) is 2.68. The topological polar surface area (TPSA) is 37.0 Å². The molecule has 0 spiro atoms. The molecule has 3 nitrogen and oxygen atoms in total. The second kappa shape index (κ2) is 4.94. The summed E-state index contributed by atoms with van der Waals surface area (Å²) in [5, 5.41) is 9.53. The third-order valence-corrected chi connectivity index (χ3v) is 3.68. The number of nitrogens with zero attached hydrogens (tertiary/aromatic N) is 1. The second-order valence-electron chi connectivity index (χ2n) is 5.00. The normalized spacial score (nSPS) is 16.9. The smallest absolute Gasteiger partial charge is 0.134 e. The van der Waals surface area contributed by atoms with Gasteiger partial charge in [0.05, 0.1) is 0 Å². The van der Waals surface area contributed by atoms with Gasteiger partial charge >= 0.3 is 0 Å². The van der Waals surface area contributed by atoms with Crippen molar-refractivity contribution in [3.63, 3.8) is 0 Å². The van der Waals surface area contributed by atoms with Gasteiger partial charge in [0.25, 0.3) is 0 Å². The largest absolute Gasteiger partial charge is 0.367 e. The van der Waals surface area contributed by atoms with E-state index in [0.717, 1.165) is 18.9 Å². The summed E-state index contributed by atoms with van der Waals surface area (Å²) >= 11 is 0. The van der Waals surface area contributed by atoms with E-state index in [-0.39, 0.29) is 0 Å². The SMILES string of the molecule is Cc1cccc2ccnc(NC3CCNCC3)c12. The van der Waals surface area contributed by atoms with E-state index < -0.39 is 0 Å². The van der Waals surface area contributed by atoms with Crippen LogP contribution < -0.4 is 10.6 Å². The zero-order valence-corrected chi connectivity index (χ0v) is 10.7. The van der Waals surface area contributed by atoms with E-state index in [9.17, 15) is 0 Å². The molecule has 0 bridgehead atoms. The first-order valence-corrected chi connectivity index (χ1v) is 6.66. The molecular formula is C15H19N3. The van der Waals surface area contributed by atoms with Gasteiger partial charge in [-0.15, -0.1) is 0 Å². The average molecular weight is 241 g/mol. The van der Waals surface area contributed by atoms with Crippen LogP contribution in [-0.4, -0.2) is 24.1 Å². The number of benzene rings is 1. The van der Waals surface area contributed by atoms with Crippen molar-refractivity contribution >= 4 is 16.6 Å². The van der Waals surface area contributed by atoms with Crippen LogP contribution in [0.25, 0.3) is 10.8 Å². The number of rotatable bonds is 2. The highest BCUT2D eigenvalue weighted by Gasteiger charge is 2.14. The summed E-state index contributed by atoms with van der Waals surface area (Å²) in [6, 6.07) is 9.03. The predicted molar refractivity (Wildman–Crippen MR) is 76.0 cm³/mol. The molecule has 94 valence electrons. The van der Waals surface area contributed by atoms with Crippen LogP contribution in [0.3, 0.4) is 0 Å². The molecule has 2 aromatic rings. The fraction of sp³-hybridized carbons (Fsp3) is 0.400. The van der Waals surface area contributed by atoms with Crippen molar-refractivity contribution < 1.29 is 0 Å². The van der Waals surface area contributed by atoms with Gasteiger partial charge in [-0.1, -0.05) is 18.2 Å². The van der Waals surface area contributed by atoms with E-state index in [0.29, 0.717) is 6.04 Å². The molecule has 1 saturated heterocycles. The molecule has 0 unspecified atom stereocenters. The molecule has 18 heavy (non-hydrogen) atoms. The Bertz CT molecular complexity index is 539. The lowest BCUT2D eigenvalue weighted by Crippen LogP contribution is -2.35. The highest BCUT2D eigenvalue weighted by molar-refractivity contribution is 5.94. The number of fused-ring (bicyclic) bond motifs is 1. The molecule has 1 fully saturated rings. The molecule has 1 aliphatic heterocycles. The van der Waals surface area contributed by atoms with Gasteiger partial charge in [-0.3, -0.25) is 0 Å². The number of hydrogen-bond donors (Lipinski definition) is 2. The van der Waals surface area contributed by atoms with Crippen LogP contribution in [0, 0.1) is 6.92 Å². The second-order valence-corrected chi connectivity index (χ2v) is 5.00. The molecule has 2 heterocycles. The summed E-state index contributed by atoms with van der Waals surface area (Å²) in [5.74, 6) is 1.04. The highest BCUT2D eigenvalue weighted by atomic mass is 15.0. The Kier molecular flexibility index (Phi) is 3.15. The lowest BCUT2D eigenvalue weighted by Gasteiger charge is -2.25. The van der Waals surface area contributed by atoms with Gasteiger partial charge in [0.15, 0.2) is 0 Å². The number of aromatic nitrogens is 1. The summed E-state index contributed by atoms with van der Waals surface area (Å²) in [6.45, 7) is 4.35. The Hall–Kier alpha value is -1.61. The molecule has 3 heteroatoms. The van der Waals surface area contributed by atoms with E-state index in [1.54, 1.807) is 0 Å². The van der Waals surface area contributed by atoms with Gasteiger partial charge in [0, 0.05) is 17.6 Å². The molecule has 3 rings (SSSR count). The highest BCUT2D eigenvalue weighted by Crippen LogP contribution is 2.25. The van der Waals surface area contributed by atoms with Crippen LogP contribution in [0.1, 0.15) is 18.4 Å². The molecule has 0 amide bonds. The quantitative estimate of drug-likeness (QED) is 0.849. The number of piperidine rings is 1. The van der Waals surface area contributed by atoms with Crippen LogP contribution in [0.4, 0.5) is 5.82 Å². The average Bonchev–Trinajstić information content (AvgIpc) is 2.40. The van der Waals surface area contributed by atoms with Crippen LogP contribution >= 0.6 is 0 Å². The molecule has 1 aromatic carbocycles. The maximum Gasteiger partial charge on any atom is 0.134 e. The van der Waals surface area contributed by atoms with Gasteiger partial charge < -0.3 is 10.6 Å². The van der Waals surface area contributed by atoms with Crippen molar-refractivity contribution in [1.29, 1.82) is 0 Å². The number of aryl methyl sites for hydroxylation is 1. The number of hydrogen-bond acceptors (Lipinski definition) is 3. The molecule has 0 saturated carbocycles. The molecule has 1 aromatic heterocycles. The van der Waals surface area contributed by atoms with Gasteiger partial charge in [-0.25, -0.2) is 4.98 Å². The number of anilines is 1. The Balaban J connectivity index is 1.95. The van der Waals surface area contributed by atoms with Crippen molar-refractivity contribution in [2.75, 3.05) is 18.4 Å². The number of nitrogens with one attached hydrogen (secondary N) is 2. The van der Waals surface area contributed by atoms with Crippen molar-refractivity contribution in [3.05, 3.63) is 36.0 Å². The van der Waals surface area contributed by atoms with Crippen molar-refractivity contribution in [2.24, 2.45) is 0 Å². The van der Waals surface area contributed by atoms with Gasteiger partial charge in [0.1, 0.15) is 5.82 Å². The van der Waals surface area contributed by atoms with Crippen LogP contribution in [0.15, 0.2) is 30.5 Å². The van der Waals surface area contributed by atoms with Gasteiger partial charge in [-0.2, -0.15) is 0 Å². The van der Waals surface area contributed by atoms with Crippen molar-refractivity contribution in [3.8, 4) is 0 Å². The minimum Gasteiger partial charge on any atom is -0.367 e. The van der Waals surface area contributed by atoms with Crippen molar-refractivity contribution in [1.82, 2.24) is 10.3 Å². The maximum absolute atomic E-state index is 4.53. The van der Waals surface area contributed by atoms with Crippen LogP contribution in [0.2, 0.25) is 0 Å². The monoisotopic (exact) mass is 241 g/mol. The number of pyridine rings is 1. The minimum atomic E-state index is 0.545. The molecule has 1 aliphatic rings. The van der Waals surface area contributed by atoms with Gasteiger partial charge in [-0.05, 0) is 49.9 Å². The van der Waals surface area contributed by atoms with E-state index >= 15 is 0 Å². The Labute approximate surface area is 108 Å². The Morgan fingerprint density at radius 1 is 1.22 bits per heavy atom. The Morgan fingerprint density at radius 2 is 2.06 bits per heavy atom.